The molecule has 5 unspecified atom stereocenters. The number of hydrogen-bond donors (Lipinski definition) is 5. The number of nitrogens with zero attached hydrogens (tertiary/aromatic N) is 2. The Balaban J connectivity index is 2.04. The van der Waals surface area contributed by atoms with Gasteiger partial charge in [-0.05, 0) is 19.4 Å². The van der Waals surface area contributed by atoms with Gasteiger partial charge in [-0.25, -0.2) is 18.5 Å². The number of rotatable bonds is 8. The fourth-order valence-electron chi connectivity index (χ4n) is 2.46. The maximum Gasteiger partial charge on any atom is 0.490 e. The maximum absolute atomic E-state index is 12.0. The first-order valence-electron chi connectivity index (χ1n) is 7.47. The lowest BCUT2D eigenvalue weighted by molar-refractivity contribution is -0.0300. The van der Waals surface area contributed by atoms with Gasteiger partial charge in [0.1, 0.15) is 5.82 Å². The van der Waals surface area contributed by atoms with Gasteiger partial charge in [-0.1, -0.05) is 0 Å². The largest absolute Gasteiger partial charge is 0.490 e. The minimum atomic E-state index is -5.63. The summed E-state index contributed by atoms with van der Waals surface area (Å²) in [5.74, 6) is -0.0234. The Morgan fingerprint density at radius 2 is 1.93 bits per heavy atom. The zero-order valence-corrected chi connectivity index (χ0v) is 17.9. The number of anilines is 1. The molecule has 15 nitrogen and oxygen atoms in total. The van der Waals surface area contributed by atoms with Gasteiger partial charge in [0.05, 0.1) is 17.6 Å². The van der Waals surface area contributed by atoms with Crippen molar-refractivity contribution in [3.63, 3.8) is 0 Å². The average molecular weight is 500 g/mol. The number of alkyl halides is 1. The first-order valence-corrected chi connectivity index (χ1v) is 12.4. The van der Waals surface area contributed by atoms with Gasteiger partial charge in [-0.3, -0.25) is 9.09 Å². The summed E-state index contributed by atoms with van der Waals surface area (Å²) in [5.41, 5.74) is 4.66. The fraction of sp³-hybridized carbons (Fsp3) is 0.600. The molecule has 6 N–H and O–H groups in total. The van der Waals surface area contributed by atoms with E-state index in [0.29, 0.717) is 0 Å². The van der Waals surface area contributed by atoms with E-state index in [1.54, 1.807) is 0 Å². The summed E-state index contributed by atoms with van der Waals surface area (Å²) in [5, 5.41) is 0. The van der Waals surface area contributed by atoms with Crippen LogP contribution in [0.1, 0.15) is 19.6 Å². The molecule has 1 aromatic heterocycles. The number of nitrogen functional groups attached to an aromatic ring is 1. The number of hydrogen-bond acceptors (Lipinski definition) is 10. The van der Waals surface area contributed by atoms with Crippen molar-refractivity contribution >= 4 is 40.9 Å². The van der Waals surface area contributed by atoms with Crippen LogP contribution in [-0.2, 0) is 31.6 Å². The molecule has 1 aliphatic heterocycles. The van der Waals surface area contributed by atoms with Crippen molar-refractivity contribution < 1.29 is 51.2 Å². The van der Waals surface area contributed by atoms with E-state index in [2.05, 4.69) is 18.1 Å². The van der Waals surface area contributed by atoms with Gasteiger partial charge in [-0.15, -0.1) is 11.6 Å². The van der Waals surface area contributed by atoms with Gasteiger partial charge in [0.25, 0.3) is 0 Å². The molecule has 0 amide bonds. The molecule has 0 spiro atoms. The van der Waals surface area contributed by atoms with E-state index in [1.807, 2.05) is 0 Å². The van der Waals surface area contributed by atoms with Crippen LogP contribution >= 0.6 is 35.1 Å². The molecule has 0 saturated carbocycles. The Kier molecular flexibility index (Phi) is 7.18. The van der Waals surface area contributed by atoms with Gasteiger partial charge >= 0.3 is 29.2 Å². The number of halogens is 1. The van der Waals surface area contributed by atoms with E-state index in [-0.39, 0.29) is 12.2 Å². The van der Waals surface area contributed by atoms with Gasteiger partial charge < -0.3 is 30.0 Å². The summed E-state index contributed by atoms with van der Waals surface area (Å²) in [6.07, 6.45) is -0.733. The zero-order chi connectivity index (χ0) is 22.3. The molecule has 1 saturated heterocycles. The molecule has 0 aromatic carbocycles. The van der Waals surface area contributed by atoms with Gasteiger partial charge in [0, 0.05) is 6.20 Å². The summed E-state index contributed by atoms with van der Waals surface area (Å²) in [6, 6.07) is 1.33. The standard InChI is InChI=1S/C10H17ClN3O12P3/c1-10(11)4-6(24-8(10)14-3-2-7(12)13-9(14)15)5-23-28(19,20)26-29(21,22)25-27(16,17)18/h2-3,6,8H,4-5H2,1H3,(H,19,20)(H,21,22)(H2,12,13,15)(H2,16,17,18). The van der Waals surface area contributed by atoms with Crippen LogP contribution in [0, 0.1) is 0 Å². The Bertz CT molecular complexity index is 963. The molecule has 29 heavy (non-hydrogen) atoms. The normalized spacial score (nSPS) is 29.3. The molecule has 2 rings (SSSR count). The smallest absolute Gasteiger partial charge is 0.383 e. The highest BCUT2D eigenvalue weighted by atomic mass is 35.5. The third-order valence-electron chi connectivity index (χ3n) is 3.41. The minimum Gasteiger partial charge on any atom is -0.383 e. The van der Waals surface area contributed by atoms with E-state index in [4.69, 9.17) is 36.8 Å². The van der Waals surface area contributed by atoms with Crippen LogP contribution in [0.25, 0.3) is 0 Å². The topological polar surface area (TPSA) is 230 Å². The molecular weight excluding hydrogens is 482 g/mol. The molecule has 1 fully saturated rings. The highest BCUT2D eigenvalue weighted by molar-refractivity contribution is 7.66. The highest BCUT2D eigenvalue weighted by Crippen LogP contribution is 2.66. The summed E-state index contributed by atoms with van der Waals surface area (Å²) >= 11 is 6.35. The maximum atomic E-state index is 12.0. The van der Waals surface area contributed by atoms with E-state index < -0.39 is 53.0 Å². The van der Waals surface area contributed by atoms with E-state index >= 15 is 0 Å². The monoisotopic (exact) mass is 499 g/mol. The first-order chi connectivity index (χ1) is 13.0. The van der Waals surface area contributed by atoms with Gasteiger partial charge in [0.2, 0.25) is 0 Å². The zero-order valence-electron chi connectivity index (χ0n) is 14.5. The van der Waals surface area contributed by atoms with Crippen molar-refractivity contribution in [3.05, 3.63) is 22.7 Å². The third kappa shape index (κ3) is 7.21. The van der Waals surface area contributed by atoms with Crippen LogP contribution in [-0.4, -0.2) is 46.7 Å². The molecule has 1 aliphatic rings. The molecule has 166 valence electrons. The highest BCUT2D eigenvalue weighted by Gasteiger charge is 2.47. The van der Waals surface area contributed by atoms with E-state index in [0.717, 1.165) is 4.57 Å². The van der Waals surface area contributed by atoms with Gasteiger partial charge in [0.15, 0.2) is 6.23 Å². The molecular formula is C10H17ClN3O12P3. The van der Waals surface area contributed by atoms with E-state index in [9.17, 15) is 23.4 Å². The average Bonchev–Trinajstić information content (AvgIpc) is 2.76. The third-order valence-corrected chi connectivity index (χ3v) is 7.55. The molecule has 1 aromatic rings. The lowest BCUT2D eigenvalue weighted by Crippen LogP contribution is -2.35. The Morgan fingerprint density at radius 3 is 2.48 bits per heavy atom. The van der Waals surface area contributed by atoms with Gasteiger partial charge in [-0.2, -0.15) is 13.6 Å². The van der Waals surface area contributed by atoms with Crippen molar-refractivity contribution in [2.45, 2.75) is 30.6 Å². The first kappa shape index (κ1) is 24.6. The van der Waals surface area contributed by atoms with Crippen molar-refractivity contribution in [1.82, 2.24) is 9.55 Å². The summed E-state index contributed by atoms with van der Waals surface area (Å²) in [6.45, 7) is 0.826. The van der Waals surface area contributed by atoms with Crippen LogP contribution in [0.5, 0.6) is 0 Å². The lowest BCUT2D eigenvalue weighted by atomic mass is 10.1. The Morgan fingerprint density at radius 1 is 1.31 bits per heavy atom. The van der Waals surface area contributed by atoms with E-state index in [1.165, 1.54) is 19.2 Å². The second-order valence-electron chi connectivity index (χ2n) is 6.02. The predicted octanol–water partition coefficient (Wildman–Crippen LogP) is 0.454. The fourth-order valence-corrected chi connectivity index (χ4v) is 5.83. The second-order valence-corrected chi connectivity index (χ2v) is 11.3. The predicted molar refractivity (Wildman–Crippen MR) is 95.5 cm³/mol. The molecule has 0 aliphatic carbocycles. The van der Waals surface area contributed by atoms with Crippen LogP contribution in [0.15, 0.2) is 17.1 Å². The number of phosphoric acid groups is 3. The van der Waals surface area contributed by atoms with Crippen LogP contribution in [0.2, 0.25) is 0 Å². The van der Waals surface area contributed by atoms with Crippen molar-refractivity contribution in [3.8, 4) is 0 Å². The minimum absolute atomic E-state index is 0.00576. The van der Waals surface area contributed by atoms with Crippen molar-refractivity contribution in [1.29, 1.82) is 0 Å². The molecule has 0 radical (unpaired) electrons. The molecule has 2 heterocycles. The second kappa shape index (κ2) is 8.46. The van der Waals surface area contributed by atoms with Crippen molar-refractivity contribution in [2.24, 2.45) is 0 Å². The number of ether oxygens (including phenoxy) is 1. The lowest BCUT2D eigenvalue weighted by Gasteiger charge is -2.24. The molecule has 5 atom stereocenters. The summed E-state index contributed by atoms with van der Waals surface area (Å²) in [7, 11) is -16.4. The summed E-state index contributed by atoms with van der Waals surface area (Å²) in [4.78, 5) is 49.9. The molecule has 19 heteroatoms. The number of nitrogens with two attached hydrogens (primary N) is 1. The van der Waals surface area contributed by atoms with Crippen LogP contribution < -0.4 is 11.4 Å². The Labute approximate surface area is 167 Å². The Hall–Kier alpha value is -0.660. The quantitative estimate of drug-likeness (QED) is 0.241. The SMILES string of the molecule is CC1(Cl)CC(COP(=O)(O)OP(=O)(O)OP(=O)(O)O)OC1n1ccc(N)nc1=O. The van der Waals surface area contributed by atoms with Crippen LogP contribution in [0.4, 0.5) is 5.82 Å². The number of phosphoric ester groups is 1. The van der Waals surface area contributed by atoms with Crippen LogP contribution in [0.3, 0.4) is 0 Å². The van der Waals surface area contributed by atoms with Crippen molar-refractivity contribution in [2.75, 3.05) is 12.3 Å². The summed E-state index contributed by atoms with van der Waals surface area (Å²) < 4.78 is 51.9. The molecule has 0 bridgehead atoms. The number of aromatic nitrogens is 2.